The van der Waals surface area contributed by atoms with Gasteiger partial charge < -0.3 is 18.8 Å². The van der Waals surface area contributed by atoms with Crippen molar-refractivity contribution in [1.29, 1.82) is 0 Å². The number of fused-ring (bicyclic) bond motifs is 1. The summed E-state index contributed by atoms with van der Waals surface area (Å²) in [5, 5.41) is 9.38. The average Bonchev–Trinajstić information content (AvgIpc) is 3.57. The highest BCUT2D eigenvalue weighted by Gasteiger charge is 2.31. The molecule has 2 aliphatic heterocycles. The fourth-order valence-electron chi connectivity index (χ4n) is 4.39. The average molecular weight is 467 g/mol. The van der Waals surface area contributed by atoms with E-state index in [1.165, 1.54) is 11.8 Å². The summed E-state index contributed by atoms with van der Waals surface area (Å²) in [6.45, 7) is 8.15. The Morgan fingerprint density at radius 1 is 1.24 bits per heavy atom. The molecule has 0 radical (unpaired) electrons. The van der Waals surface area contributed by atoms with Gasteiger partial charge in [-0.2, -0.15) is 0 Å². The number of ether oxygens (including phenoxy) is 2. The van der Waals surface area contributed by atoms with Crippen LogP contribution in [0.5, 0.6) is 11.5 Å². The van der Waals surface area contributed by atoms with E-state index in [9.17, 15) is 4.79 Å². The van der Waals surface area contributed by atoms with Gasteiger partial charge in [0.1, 0.15) is 19.0 Å². The van der Waals surface area contributed by atoms with E-state index >= 15 is 0 Å². The monoisotopic (exact) mass is 466 g/mol. The fourth-order valence-corrected chi connectivity index (χ4v) is 5.23. The number of carbonyl (C=O) groups excluding carboxylic acids is 1. The van der Waals surface area contributed by atoms with E-state index in [1.807, 2.05) is 40.7 Å². The molecule has 0 aliphatic carbocycles. The lowest BCUT2D eigenvalue weighted by molar-refractivity contribution is -0.129. The molecule has 2 aromatic heterocycles. The van der Waals surface area contributed by atoms with Crippen LogP contribution in [0, 0.1) is 6.92 Å². The van der Waals surface area contributed by atoms with Gasteiger partial charge in [0, 0.05) is 13.1 Å². The predicted molar refractivity (Wildman–Crippen MR) is 125 cm³/mol. The van der Waals surface area contributed by atoms with E-state index in [-0.39, 0.29) is 11.9 Å². The Labute approximate surface area is 196 Å². The maximum atomic E-state index is 13.2. The van der Waals surface area contributed by atoms with Crippen LogP contribution in [-0.2, 0) is 11.3 Å². The smallest absolute Gasteiger partial charge is 0.233 e. The number of benzene rings is 1. The number of furan rings is 1. The number of hydrogen-bond donors (Lipinski definition) is 0. The van der Waals surface area contributed by atoms with Gasteiger partial charge in [0.15, 0.2) is 22.5 Å². The number of aromatic nitrogens is 3. The maximum Gasteiger partial charge on any atom is 0.233 e. The Kier molecular flexibility index (Phi) is 6.13. The number of thioether (sulfide) groups is 1. The van der Waals surface area contributed by atoms with Gasteiger partial charge in [-0.3, -0.25) is 9.36 Å². The third kappa shape index (κ3) is 4.25. The maximum absolute atomic E-state index is 13.2. The molecule has 9 heteroatoms. The molecule has 1 fully saturated rings. The van der Waals surface area contributed by atoms with Crippen molar-refractivity contribution < 1.29 is 18.7 Å². The third-order valence-electron chi connectivity index (χ3n) is 5.98. The standard InChI is InChI=1S/C24H26N4O4S/c1-3-9-28-23(18-8-11-30-16(18)2)25-26-24(28)33-15-22(29)27-10-4-5-19(27)17-6-7-20-21(14-17)32-13-12-31-20/h3,6-8,11,14,19H,1,4-5,9-10,12-13,15H2,2H3. The van der Waals surface area contributed by atoms with Gasteiger partial charge in [-0.15, -0.1) is 16.8 Å². The van der Waals surface area contributed by atoms with Crippen molar-refractivity contribution in [3.05, 3.63) is 54.5 Å². The van der Waals surface area contributed by atoms with Crippen molar-refractivity contribution in [2.45, 2.75) is 37.5 Å². The number of allylic oxidation sites excluding steroid dienone is 1. The summed E-state index contributed by atoms with van der Waals surface area (Å²) in [7, 11) is 0. The Bertz CT molecular complexity index is 1170. The van der Waals surface area contributed by atoms with Gasteiger partial charge in [0.05, 0.1) is 23.6 Å². The van der Waals surface area contributed by atoms with Crippen molar-refractivity contribution in [2.75, 3.05) is 25.5 Å². The first-order chi connectivity index (χ1) is 16.2. The summed E-state index contributed by atoms with van der Waals surface area (Å²) in [4.78, 5) is 15.2. The van der Waals surface area contributed by atoms with Crippen LogP contribution in [0.15, 0.2) is 52.8 Å². The molecule has 2 aliphatic rings. The van der Waals surface area contributed by atoms with E-state index in [1.54, 1.807) is 12.3 Å². The number of aryl methyl sites for hydroxylation is 1. The normalized spacial score (nSPS) is 17.4. The molecule has 4 heterocycles. The van der Waals surface area contributed by atoms with E-state index in [0.717, 1.165) is 47.8 Å². The molecular formula is C24H26N4O4S. The van der Waals surface area contributed by atoms with Crippen LogP contribution in [-0.4, -0.2) is 51.1 Å². The largest absolute Gasteiger partial charge is 0.486 e. The highest BCUT2D eigenvalue weighted by molar-refractivity contribution is 7.99. The van der Waals surface area contributed by atoms with Crippen molar-refractivity contribution in [3.63, 3.8) is 0 Å². The highest BCUT2D eigenvalue weighted by atomic mass is 32.2. The van der Waals surface area contributed by atoms with Gasteiger partial charge in [-0.1, -0.05) is 23.9 Å². The van der Waals surface area contributed by atoms with E-state index in [0.29, 0.717) is 36.5 Å². The molecule has 1 unspecified atom stereocenters. The number of hydrogen-bond acceptors (Lipinski definition) is 7. The zero-order valence-corrected chi connectivity index (χ0v) is 19.3. The fraction of sp³-hybridized carbons (Fsp3) is 0.375. The lowest BCUT2D eigenvalue weighted by Gasteiger charge is -2.26. The molecule has 0 bridgehead atoms. The minimum atomic E-state index is 0.0455. The number of carbonyl (C=O) groups is 1. The first-order valence-corrected chi connectivity index (χ1v) is 12.0. The number of amides is 1. The lowest BCUT2D eigenvalue weighted by Crippen LogP contribution is -2.32. The SMILES string of the molecule is C=CCn1c(SCC(=O)N2CCCC2c2ccc3c(c2)OCCO3)nnc1-c1ccoc1C. The van der Waals surface area contributed by atoms with Crippen molar-refractivity contribution >= 4 is 17.7 Å². The second kappa shape index (κ2) is 9.35. The van der Waals surface area contributed by atoms with Crippen LogP contribution in [0.4, 0.5) is 0 Å². The topological polar surface area (TPSA) is 82.6 Å². The van der Waals surface area contributed by atoms with Crippen LogP contribution in [0.3, 0.4) is 0 Å². The minimum absolute atomic E-state index is 0.0455. The number of rotatable bonds is 7. The summed E-state index contributed by atoms with van der Waals surface area (Å²) < 4.78 is 18.8. The minimum Gasteiger partial charge on any atom is -0.486 e. The van der Waals surface area contributed by atoms with Crippen LogP contribution in [0.2, 0.25) is 0 Å². The Balaban J connectivity index is 1.30. The molecule has 33 heavy (non-hydrogen) atoms. The molecule has 1 aromatic carbocycles. The van der Waals surface area contributed by atoms with Crippen LogP contribution in [0.25, 0.3) is 11.4 Å². The Morgan fingerprint density at radius 2 is 2.09 bits per heavy atom. The quantitative estimate of drug-likeness (QED) is 0.380. The van der Waals surface area contributed by atoms with Crippen LogP contribution in [0.1, 0.15) is 30.2 Å². The van der Waals surface area contributed by atoms with Crippen LogP contribution < -0.4 is 9.47 Å². The highest BCUT2D eigenvalue weighted by Crippen LogP contribution is 2.38. The zero-order chi connectivity index (χ0) is 22.8. The van der Waals surface area contributed by atoms with Crippen molar-refractivity contribution in [1.82, 2.24) is 19.7 Å². The van der Waals surface area contributed by atoms with Crippen molar-refractivity contribution in [2.24, 2.45) is 0 Å². The van der Waals surface area contributed by atoms with Gasteiger partial charge in [-0.05, 0) is 43.5 Å². The predicted octanol–water partition coefficient (Wildman–Crippen LogP) is 4.26. The molecular weight excluding hydrogens is 440 g/mol. The molecule has 0 spiro atoms. The van der Waals surface area contributed by atoms with E-state index < -0.39 is 0 Å². The molecule has 0 N–H and O–H groups in total. The third-order valence-corrected chi connectivity index (χ3v) is 6.93. The first-order valence-electron chi connectivity index (χ1n) is 11.1. The van der Waals surface area contributed by atoms with E-state index in [4.69, 9.17) is 13.9 Å². The molecule has 1 atom stereocenters. The summed E-state index contributed by atoms with van der Waals surface area (Å²) in [5.74, 6) is 3.40. The summed E-state index contributed by atoms with van der Waals surface area (Å²) in [6, 6.07) is 7.91. The van der Waals surface area contributed by atoms with Gasteiger partial charge >= 0.3 is 0 Å². The molecule has 3 aromatic rings. The molecule has 0 saturated carbocycles. The summed E-state index contributed by atoms with van der Waals surface area (Å²) in [6.07, 6.45) is 5.35. The van der Waals surface area contributed by atoms with Gasteiger partial charge in [0.25, 0.3) is 0 Å². The molecule has 5 rings (SSSR count). The number of likely N-dealkylation sites (tertiary alicyclic amines) is 1. The summed E-state index contributed by atoms with van der Waals surface area (Å²) >= 11 is 1.40. The Morgan fingerprint density at radius 3 is 2.88 bits per heavy atom. The van der Waals surface area contributed by atoms with Gasteiger partial charge in [-0.25, -0.2) is 0 Å². The molecule has 1 amide bonds. The summed E-state index contributed by atoms with van der Waals surface area (Å²) in [5.41, 5.74) is 1.98. The lowest BCUT2D eigenvalue weighted by atomic mass is 10.0. The van der Waals surface area contributed by atoms with Gasteiger partial charge in [0.2, 0.25) is 5.91 Å². The van der Waals surface area contributed by atoms with E-state index in [2.05, 4.69) is 16.8 Å². The first kappa shape index (κ1) is 21.6. The van der Waals surface area contributed by atoms with Crippen molar-refractivity contribution in [3.8, 4) is 22.9 Å². The van der Waals surface area contributed by atoms with Crippen LogP contribution >= 0.6 is 11.8 Å². The molecule has 1 saturated heterocycles. The number of nitrogens with zero attached hydrogens (tertiary/aromatic N) is 4. The molecule has 172 valence electrons. The molecule has 8 nitrogen and oxygen atoms in total. The Hall–Kier alpha value is -3.20. The zero-order valence-electron chi connectivity index (χ0n) is 18.5. The second-order valence-electron chi connectivity index (χ2n) is 8.03. The second-order valence-corrected chi connectivity index (χ2v) is 8.98.